The number of benzene rings is 9. The van der Waals surface area contributed by atoms with Gasteiger partial charge in [-0.15, -0.1) is 0 Å². The third kappa shape index (κ3) is 14.6. The minimum absolute atomic E-state index is 0.0307. The summed E-state index contributed by atoms with van der Waals surface area (Å²) in [7, 11) is 2.41. The summed E-state index contributed by atoms with van der Waals surface area (Å²) in [5.74, 6) is -21.8. The number of halogens is 18. The van der Waals surface area contributed by atoms with Crippen molar-refractivity contribution >= 4 is 105 Å². The number of rotatable bonds is 11. The summed E-state index contributed by atoms with van der Waals surface area (Å²) in [6.45, 7) is -1.77. The molecule has 0 aliphatic carbocycles. The van der Waals surface area contributed by atoms with E-state index in [1.165, 1.54) is 11.9 Å². The van der Waals surface area contributed by atoms with Crippen LogP contribution in [-0.4, -0.2) is 103 Å². The molecule has 9 amide bonds. The van der Waals surface area contributed by atoms with Crippen LogP contribution in [0.4, 0.5) is 82.9 Å². The Morgan fingerprint density at radius 1 is 0.466 bits per heavy atom. The Balaban J connectivity index is 0.775. The summed E-state index contributed by atoms with van der Waals surface area (Å²) >= 11 is 19.6. The fourth-order valence-electron chi connectivity index (χ4n) is 15.6. The molecule has 9 aromatic rings. The lowest BCUT2D eigenvalue weighted by Gasteiger charge is -2.28. The van der Waals surface area contributed by atoms with Crippen molar-refractivity contribution in [1.82, 2.24) is 31.1 Å². The summed E-state index contributed by atoms with van der Waals surface area (Å²) in [5.41, 5.74) is -18.0. The third-order valence-corrected chi connectivity index (χ3v) is 21.9. The van der Waals surface area contributed by atoms with Crippen molar-refractivity contribution < 1.29 is 118 Å². The van der Waals surface area contributed by atoms with Gasteiger partial charge in [0.25, 0.3) is 53.2 Å². The molecule has 20 nitrogen and oxygen atoms in total. The molecule has 0 bridgehead atoms. The monoisotopic (exact) mass is 1700 g/mol. The fraction of sp³-hybridized carbons (Fsp3) is 0.212. The number of likely N-dealkylation sites (N-methyl/N-ethyl adjacent to an activating group) is 1. The van der Waals surface area contributed by atoms with Crippen molar-refractivity contribution in [3.05, 3.63) is 282 Å². The smallest absolute Gasteiger partial charge is 0.416 e. The second-order valence-electron chi connectivity index (χ2n) is 28.2. The van der Waals surface area contributed by atoms with Crippen LogP contribution in [0.15, 0.2) is 115 Å². The van der Waals surface area contributed by atoms with E-state index in [4.69, 9.17) is 44.3 Å². The number of nitrogens with one attached hydrogen (secondary N) is 7. The van der Waals surface area contributed by atoms with Gasteiger partial charge in [-0.2, -0.15) is 39.5 Å². The first-order chi connectivity index (χ1) is 55.6. The van der Waals surface area contributed by atoms with Crippen LogP contribution in [0.2, 0.25) is 15.1 Å². The van der Waals surface area contributed by atoms with Crippen LogP contribution in [0.1, 0.15) is 203 Å². The van der Waals surface area contributed by atoms with E-state index in [-0.39, 0.29) is 97.2 Å². The summed E-state index contributed by atoms with van der Waals surface area (Å²) in [6.07, 6.45) is -19.7. The zero-order valence-corrected chi connectivity index (χ0v) is 62.3. The molecule has 118 heavy (non-hydrogen) atoms. The van der Waals surface area contributed by atoms with Crippen LogP contribution in [0.25, 0.3) is 0 Å². The highest BCUT2D eigenvalue weighted by atomic mass is 35.5. The van der Waals surface area contributed by atoms with Gasteiger partial charge in [0, 0.05) is 132 Å². The lowest BCUT2D eigenvalue weighted by molar-refractivity contribution is -0.139. The molecular weight excluding hydrogens is 1650 g/mol. The fourth-order valence-corrected chi connectivity index (χ4v) is 16.3. The number of hydrogen-bond donors (Lipinski definition) is 7. The minimum Gasteiger partial charge on any atom is -0.492 e. The lowest BCUT2D eigenvalue weighted by atomic mass is 9.82. The Morgan fingerprint density at radius 2 is 0.898 bits per heavy atom. The quantitative estimate of drug-likeness (QED) is 0.0599. The predicted octanol–water partition coefficient (Wildman–Crippen LogP) is 16.3. The predicted molar refractivity (Wildman–Crippen MR) is 390 cm³/mol. The number of carbonyl (C=O) groups is 9. The number of fused-ring (bicyclic) bond motifs is 9. The Morgan fingerprint density at radius 3 is 1.39 bits per heavy atom. The molecule has 38 heteroatoms. The standard InChI is InChI=1S/C80H51Cl3F15N9O11/c1-106-12-3-13-117-67-43(76(106)115)25-53(60-62(67)74(113)104-65(60)41-22-35(85)6-10-48(41)82)102-70(109)31-16-45(79(93,94)95)56(50(88)18-31)29-4-8-38-39(72(111)99-27-29)24-52(59-57(38)73(112)103-64(59)40-21-34(84)5-9-47(40)81)100-71(110)32-17-46(80(96,97)98)58(51(89)19-32)55-28-107(2)77(116)44-26-54(101-69(108)30-14-33(78(90,91)92)20-37(87)15-30)61-63(68(44)118-55)75(114)105-66(61)42-23-36(86)7-11-49(42)83/h5-7,9-11,14-26,29,55,64-66H,3-4,8,12-13,27-28H2,1-2H3,(H,99,111)(H,100,110)(H,101,108)(H,102,109)(H,103,112)(H,104,113)(H,105,114). The lowest BCUT2D eigenvalue weighted by Crippen LogP contribution is -2.34. The average molecular weight is 1710 g/mol. The highest BCUT2D eigenvalue weighted by Gasteiger charge is 2.49. The molecule has 6 aliphatic rings. The molecule has 0 saturated carbocycles. The maximum absolute atomic E-state index is 17.5. The molecule has 7 N–H and O–H groups in total. The second-order valence-corrected chi connectivity index (χ2v) is 29.4. The maximum atomic E-state index is 17.5. The maximum Gasteiger partial charge on any atom is 0.416 e. The summed E-state index contributed by atoms with van der Waals surface area (Å²) in [4.78, 5) is 131. The molecule has 5 unspecified atom stereocenters. The van der Waals surface area contributed by atoms with E-state index >= 15 is 43.9 Å². The normalized spacial score (nSPS) is 18.4. The molecule has 6 heterocycles. The Bertz CT molecular complexity index is 5970. The second kappa shape index (κ2) is 30.0. The average Bonchev–Trinajstić information content (AvgIpc) is 1.53. The van der Waals surface area contributed by atoms with Crippen LogP contribution in [0.3, 0.4) is 0 Å². The number of ether oxygens (including phenoxy) is 2. The van der Waals surface area contributed by atoms with E-state index in [0.717, 1.165) is 79.8 Å². The van der Waals surface area contributed by atoms with Gasteiger partial charge in [-0.25, -0.2) is 26.3 Å². The largest absolute Gasteiger partial charge is 0.492 e. The zero-order chi connectivity index (χ0) is 84.7. The molecule has 0 saturated heterocycles. The van der Waals surface area contributed by atoms with Crippen molar-refractivity contribution in [3.8, 4) is 11.5 Å². The van der Waals surface area contributed by atoms with Gasteiger partial charge in [0.05, 0.1) is 75.8 Å². The van der Waals surface area contributed by atoms with Gasteiger partial charge in [-0.3, -0.25) is 43.2 Å². The van der Waals surface area contributed by atoms with E-state index in [0.29, 0.717) is 29.5 Å². The SMILES string of the molecule is CN1CCCOc2c(cc(NC(=O)c3cc(F)c(C4CCc5c(cc(NC(=O)c6cc(F)c(C7CN(C)C(=O)c8cc(NC(=O)c9cc(F)cc(C(F)(F)F)c9)c9c(c8O7)C(=O)NC9c7cc(F)ccc7Cl)c(C(F)(F)F)c6)c6c5C(=O)NC6c5cc(F)ccc5Cl)C(=O)NC4)c(C(F)(F)F)c3)c3c2C(=O)NC3c2cc(F)ccc2Cl)C1=O. The van der Waals surface area contributed by atoms with Crippen LogP contribution in [-0.2, 0) is 24.9 Å². The van der Waals surface area contributed by atoms with Gasteiger partial charge in [0.15, 0.2) is 0 Å². The number of anilines is 3. The van der Waals surface area contributed by atoms with Crippen LogP contribution < -0.4 is 46.7 Å². The number of nitrogens with zero attached hydrogens (tertiary/aromatic N) is 2. The molecule has 5 atom stereocenters. The van der Waals surface area contributed by atoms with Crippen molar-refractivity contribution in [2.75, 3.05) is 56.3 Å². The van der Waals surface area contributed by atoms with Gasteiger partial charge >= 0.3 is 18.5 Å². The summed E-state index contributed by atoms with van der Waals surface area (Å²) in [6, 6.07) is 8.52. The van der Waals surface area contributed by atoms with E-state index in [1.807, 2.05) is 0 Å². The topological polar surface area (TPSA) is 263 Å². The third-order valence-electron chi connectivity index (χ3n) is 20.9. The first-order valence-corrected chi connectivity index (χ1v) is 36.4. The van der Waals surface area contributed by atoms with E-state index in [1.54, 1.807) is 0 Å². The van der Waals surface area contributed by atoms with E-state index in [2.05, 4.69) is 37.2 Å². The van der Waals surface area contributed by atoms with Crippen LogP contribution in [0.5, 0.6) is 11.5 Å². The van der Waals surface area contributed by atoms with Gasteiger partial charge in [0.2, 0.25) is 0 Å². The minimum atomic E-state index is -5.71. The Kier molecular flexibility index (Phi) is 20.5. The first kappa shape index (κ1) is 80.8. The molecule has 9 aromatic carbocycles. The van der Waals surface area contributed by atoms with Gasteiger partial charge in [-0.05, 0) is 140 Å². The Labute approximate surface area is 669 Å². The summed E-state index contributed by atoms with van der Waals surface area (Å²) in [5, 5.41) is 16.3. The van der Waals surface area contributed by atoms with Crippen LogP contribution >= 0.6 is 34.8 Å². The van der Waals surface area contributed by atoms with Crippen molar-refractivity contribution in [1.29, 1.82) is 0 Å². The van der Waals surface area contributed by atoms with Crippen molar-refractivity contribution in [2.45, 2.75) is 67.9 Å². The molecule has 15 rings (SSSR count). The molecule has 608 valence electrons. The molecule has 0 fully saturated rings. The molecule has 0 spiro atoms. The Hall–Kier alpha value is -12.4. The van der Waals surface area contributed by atoms with E-state index < -0.39 is 263 Å². The molecule has 0 radical (unpaired) electrons. The van der Waals surface area contributed by atoms with Gasteiger partial charge in [0.1, 0.15) is 52.5 Å². The highest BCUT2D eigenvalue weighted by molar-refractivity contribution is 6.32. The number of hydrogen-bond acceptors (Lipinski definition) is 11. The zero-order valence-electron chi connectivity index (χ0n) is 60.0. The first-order valence-electron chi connectivity index (χ1n) is 35.2. The number of alkyl halides is 9. The molecular formula is C80H51Cl3F15N9O11. The van der Waals surface area contributed by atoms with E-state index in [9.17, 15) is 65.1 Å². The van der Waals surface area contributed by atoms with Crippen molar-refractivity contribution in [2.24, 2.45) is 0 Å². The van der Waals surface area contributed by atoms with Crippen molar-refractivity contribution in [3.63, 3.8) is 0 Å². The number of amides is 9. The molecule has 0 aromatic heterocycles. The summed E-state index contributed by atoms with van der Waals surface area (Å²) < 4.78 is 243. The van der Waals surface area contributed by atoms with Gasteiger partial charge in [-0.1, -0.05) is 34.8 Å². The van der Waals surface area contributed by atoms with Crippen LogP contribution in [0, 0.1) is 34.9 Å². The number of carbonyl (C=O) groups excluding carboxylic acids is 9. The molecule has 6 aliphatic heterocycles. The van der Waals surface area contributed by atoms with Gasteiger partial charge < -0.3 is 56.5 Å². The highest BCUT2D eigenvalue weighted by Crippen LogP contribution is 2.52.